The van der Waals surface area contributed by atoms with Gasteiger partial charge in [0.25, 0.3) is 15.9 Å². The smallest absolute Gasteiger partial charge is 0.263 e. The van der Waals surface area contributed by atoms with Gasteiger partial charge < -0.3 is 10.1 Å². The first-order chi connectivity index (χ1) is 14.0. The van der Waals surface area contributed by atoms with Gasteiger partial charge in [-0.05, 0) is 43.3 Å². The summed E-state index contributed by atoms with van der Waals surface area (Å²) in [6, 6.07) is 12.7. The zero-order chi connectivity index (χ0) is 20.7. The molecule has 29 heavy (non-hydrogen) atoms. The average Bonchev–Trinajstić information content (AvgIpc) is 2.72. The number of carbonyl (C=O) groups excluding carboxylic acids is 1. The van der Waals surface area contributed by atoms with Crippen molar-refractivity contribution in [1.82, 2.24) is 10.2 Å². The van der Waals surface area contributed by atoms with Crippen LogP contribution < -0.4 is 10.0 Å². The van der Waals surface area contributed by atoms with Crippen LogP contribution >= 0.6 is 11.6 Å². The molecule has 0 unspecified atom stereocenters. The first-order valence-electron chi connectivity index (χ1n) is 9.41. The molecule has 0 saturated carbocycles. The monoisotopic (exact) mass is 437 g/mol. The highest BCUT2D eigenvalue weighted by Crippen LogP contribution is 2.25. The molecule has 7 nitrogen and oxygen atoms in total. The molecule has 1 fully saturated rings. The van der Waals surface area contributed by atoms with Crippen molar-refractivity contribution in [3.05, 3.63) is 59.1 Å². The van der Waals surface area contributed by atoms with Crippen LogP contribution in [0.5, 0.6) is 0 Å². The number of hydrogen-bond donors (Lipinski definition) is 2. The molecule has 156 valence electrons. The number of hydrogen-bond acceptors (Lipinski definition) is 5. The number of ether oxygens (including phenoxy) is 1. The quantitative estimate of drug-likeness (QED) is 0.620. The Bertz CT molecular complexity index is 932. The first kappa shape index (κ1) is 21.6. The number of benzene rings is 2. The number of amides is 1. The molecule has 1 saturated heterocycles. The van der Waals surface area contributed by atoms with E-state index in [1.54, 1.807) is 30.3 Å². The first-order valence-corrected chi connectivity index (χ1v) is 11.3. The van der Waals surface area contributed by atoms with Crippen LogP contribution in [0.3, 0.4) is 0 Å². The molecule has 2 aromatic rings. The molecular weight excluding hydrogens is 414 g/mol. The largest absolute Gasteiger partial charge is 0.379 e. The van der Waals surface area contributed by atoms with Gasteiger partial charge in [-0.15, -0.1) is 0 Å². The fraction of sp³-hybridized carbons (Fsp3) is 0.350. The molecule has 1 amide bonds. The van der Waals surface area contributed by atoms with Gasteiger partial charge in [0.15, 0.2) is 0 Å². The number of morpholine rings is 1. The Morgan fingerprint density at radius 1 is 1.10 bits per heavy atom. The molecule has 9 heteroatoms. The summed E-state index contributed by atoms with van der Waals surface area (Å²) in [6.45, 7) is 4.67. The summed E-state index contributed by atoms with van der Waals surface area (Å²) in [6.07, 6.45) is 0.806. The van der Waals surface area contributed by atoms with Crippen molar-refractivity contribution in [2.45, 2.75) is 11.3 Å². The molecule has 1 heterocycles. The van der Waals surface area contributed by atoms with Gasteiger partial charge in [-0.3, -0.25) is 14.4 Å². The molecule has 1 aliphatic heterocycles. The highest BCUT2D eigenvalue weighted by atomic mass is 35.5. The lowest BCUT2D eigenvalue weighted by atomic mass is 10.2. The van der Waals surface area contributed by atoms with E-state index in [9.17, 15) is 13.2 Å². The number of rotatable bonds is 8. The zero-order valence-electron chi connectivity index (χ0n) is 15.9. The number of halogens is 1. The van der Waals surface area contributed by atoms with Gasteiger partial charge in [0.2, 0.25) is 0 Å². The van der Waals surface area contributed by atoms with E-state index in [0.29, 0.717) is 12.2 Å². The zero-order valence-corrected chi connectivity index (χ0v) is 17.5. The Labute approximate surface area is 176 Å². The van der Waals surface area contributed by atoms with E-state index >= 15 is 0 Å². The minimum atomic E-state index is -3.92. The van der Waals surface area contributed by atoms with Crippen LogP contribution in [0.25, 0.3) is 0 Å². The van der Waals surface area contributed by atoms with E-state index in [1.807, 2.05) is 0 Å². The van der Waals surface area contributed by atoms with Crippen molar-refractivity contribution in [3.63, 3.8) is 0 Å². The van der Waals surface area contributed by atoms with Gasteiger partial charge in [0.1, 0.15) is 4.90 Å². The van der Waals surface area contributed by atoms with Gasteiger partial charge in [0.05, 0.1) is 18.2 Å². The molecule has 0 radical (unpaired) electrons. The Morgan fingerprint density at radius 2 is 1.83 bits per heavy atom. The van der Waals surface area contributed by atoms with Crippen molar-refractivity contribution in [2.75, 3.05) is 44.1 Å². The van der Waals surface area contributed by atoms with Crippen LogP contribution in [-0.4, -0.2) is 58.6 Å². The van der Waals surface area contributed by atoms with Crippen LogP contribution in [0.1, 0.15) is 16.8 Å². The third kappa shape index (κ3) is 6.17. The molecule has 0 spiro atoms. The Balaban J connectivity index is 1.60. The maximum absolute atomic E-state index is 12.7. The summed E-state index contributed by atoms with van der Waals surface area (Å²) < 4.78 is 33.2. The standard InChI is InChI=1S/C20H24ClN3O4S/c21-18-8-7-16(20(25)22-9-4-10-24-11-13-28-14-12-24)15-19(18)29(26,27)23-17-5-2-1-3-6-17/h1-3,5-8,15,23H,4,9-14H2,(H,22,25). The maximum atomic E-state index is 12.7. The predicted molar refractivity (Wildman–Crippen MR) is 113 cm³/mol. The number of nitrogens with zero attached hydrogens (tertiary/aromatic N) is 1. The van der Waals surface area contributed by atoms with E-state index in [2.05, 4.69) is 14.9 Å². The van der Waals surface area contributed by atoms with Gasteiger partial charge in [0, 0.05) is 30.9 Å². The van der Waals surface area contributed by atoms with E-state index in [1.165, 1.54) is 18.2 Å². The van der Waals surface area contributed by atoms with E-state index in [0.717, 1.165) is 39.3 Å². The second-order valence-corrected chi connectivity index (χ2v) is 8.74. The summed E-state index contributed by atoms with van der Waals surface area (Å²) >= 11 is 6.10. The van der Waals surface area contributed by atoms with Crippen molar-refractivity contribution in [3.8, 4) is 0 Å². The summed E-state index contributed by atoms with van der Waals surface area (Å²) in [5.74, 6) is -0.334. The minimum Gasteiger partial charge on any atom is -0.379 e. The van der Waals surface area contributed by atoms with Crippen LogP contribution in [-0.2, 0) is 14.8 Å². The Hall–Kier alpha value is -2.13. The predicted octanol–water partition coefficient (Wildman–Crippen LogP) is 2.59. The maximum Gasteiger partial charge on any atom is 0.263 e. The summed E-state index contributed by atoms with van der Waals surface area (Å²) in [5, 5.41) is 2.88. The molecule has 0 atom stereocenters. The van der Waals surface area contributed by atoms with Crippen molar-refractivity contribution >= 4 is 33.2 Å². The third-order valence-corrected chi connectivity index (χ3v) is 6.41. The molecule has 1 aliphatic rings. The van der Waals surface area contributed by atoms with E-state index in [4.69, 9.17) is 16.3 Å². The SMILES string of the molecule is O=C(NCCCN1CCOCC1)c1ccc(Cl)c(S(=O)(=O)Nc2ccccc2)c1. The highest BCUT2D eigenvalue weighted by molar-refractivity contribution is 7.92. The third-order valence-electron chi connectivity index (χ3n) is 4.55. The Kier molecular flexibility index (Phi) is 7.49. The average molecular weight is 438 g/mol. The molecule has 0 bridgehead atoms. The fourth-order valence-electron chi connectivity index (χ4n) is 3.00. The number of para-hydroxylation sites is 1. The lowest BCUT2D eigenvalue weighted by Crippen LogP contribution is -2.38. The normalized spacial score (nSPS) is 15.1. The fourth-order valence-corrected chi connectivity index (χ4v) is 4.58. The van der Waals surface area contributed by atoms with Crippen molar-refractivity contribution < 1.29 is 17.9 Å². The summed E-state index contributed by atoms with van der Waals surface area (Å²) in [4.78, 5) is 14.6. The lowest BCUT2D eigenvalue weighted by molar-refractivity contribution is 0.0374. The number of nitrogens with one attached hydrogen (secondary N) is 2. The van der Waals surface area contributed by atoms with Gasteiger partial charge in [-0.2, -0.15) is 0 Å². The molecule has 3 rings (SSSR count). The molecule has 0 aromatic heterocycles. The molecular formula is C20H24ClN3O4S. The van der Waals surface area contributed by atoms with Crippen LogP contribution in [0.15, 0.2) is 53.4 Å². The number of anilines is 1. The number of sulfonamides is 1. The van der Waals surface area contributed by atoms with E-state index in [-0.39, 0.29) is 21.4 Å². The second-order valence-electron chi connectivity index (χ2n) is 6.68. The van der Waals surface area contributed by atoms with Gasteiger partial charge >= 0.3 is 0 Å². The number of carbonyl (C=O) groups is 1. The molecule has 2 N–H and O–H groups in total. The van der Waals surface area contributed by atoms with Gasteiger partial charge in [-0.1, -0.05) is 29.8 Å². The molecule has 0 aliphatic carbocycles. The summed E-state index contributed by atoms with van der Waals surface area (Å²) in [5.41, 5.74) is 0.663. The Morgan fingerprint density at radius 3 is 2.55 bits per heavy atom. The van der Waals surface area contributed by atoms with Gasteiger partial charge in [-0.25, -0.2) is 8.42 Å². The van der Waals surface area contributed by atoms with Crippen molar-refractivity contribution in [1.29, 1.82) is 0 Å². The topological polar surface area (TPSA) is 87.7 Å². The highest BCUT2D eigenvalue weighted by Gasteiger charge is 2.20. The van der Waals surface area contributed by atoms with E-state index < -0.39 is 10.0 Å². The van der Waals surface area contributed by atoms with Crippen LogP contribution in [0.4, 0.5) is 5.69 Å². The van der Waals surface area contributed by atoms with Crippen molar-refractivity contribution in [2.24, 2.45) is 0 Å². The molecule has 2 aromatic carbocycles. The minimum absolute atomic E-state index is 0.0531. The second kappa shape index (κ2) is 10.1. The summed E-state index contributed by atoms with van der Waals surface area (Å²) in [7, 11) is -3.92. The lowest BCUT2D eigenvalue weighted by Gasteiger charge is -2.26. The van der Waals surface area contributed by atoms with Crippen LogP contribution in [0, 0.1) is 0 Å². The van der Waals surface area contributed by atoms with Crippen LogP contribution in [0.2, 0.25) is 5.02 Å².